The molecule has 1 saturated heterocycles. The minimum absolute atomic E-state index is 0.0757. The van der Waals surface area contributed by atoms with Crippen LogP contribution in [0.4, 0.5) is 24.5 Å². The average Bonchev–Trinajstić information content (AvgIpc) is 3.62. The second-order valence-corrected chi connectivity index (χ2v) is 11.3. The Morgan fingerprint density at radius 3 is 2.45 bits per heavy atom. The van der Waals surface area contributed by atoms with E-state index >= 15 is 0 Å². The first-order valence-electron chi connectivity index (χ1n) is 12.0. The second kappa shape index (κ2) is 9.82. The number of hydrogen-bond acceptors (Lipinski definition) is 7. The van der Waals surface area contributed by atoms with Crippen LogP contribution in [0.3, 0.4) is 0 Å². The highest BCUT2D eigenvalue weighted by Gasteiger charge is 2.57. The molecular weight excluding hydrogens is 567 g/mol. The van der Waals surface area contributed by atoms with Crippen LogP contribution in [0.2, 0.25) is 0 Å². The van der Waals surface area contributed by atoms with Gasteiger partial charge >= 0.3 is 11.0 Å². The van der Waals surface area contributed by atoms with Gasteiger partial charge in [-0.25, -0.2) is 4.90 Å². The van der Waals surface area contributed by atoms with E-state index in [0.29, 0.717) is 21.4 Å². The first kappa shape index (κ1) is 26.1. The third-order valence-corrected chi connectivity index (χ3v) is 9.29. The molecule has 0 aliphatic carbocycles. The van der Waals surface area contributed by atoms with Crippen molar-refractivity contribution in [3.05, 3.63) is 98.9 Å². The van der Waals surface area contributed by atoms with Gasteiger partial charge in [-0.15, -0.1) is 0 Å². The number of benzene rings is 2. The van der Waals surface area contributed by atoms with Crippen LogP contribution in [0.15, 0.2) is 87.2 Å². The summed E-state index contributed by atoms with van der Waals surface area (Å²) in [7, 11) is 0. The Kier molecular flexibility index (Phi) is 6.42. The maximum Gasteiger partial charge on any atom is 0.416 e. The lowest BCUT2D eigenvalue weighted by Crippen LogP contribution is -2.32. The SMILES string of the molecule is O=C(Cn1c2c(sc1=O)[C@H](c1ccco1)C1C(=O)N(c3ccccc3)C(=O)C1S2)Nc1cccc(C(F)(F)F)c1. The lowest BCUT2D eigenvalue weighted by molar-refractivity contribution is -0.137. The Hall–Kier alpha value is -4.10. The Labute approximate surface area is 232 Å². The van der Waals surface area contributed by atoms with Gasteiger partial charge in [0.05, 0.1) is 39.3 Å². The number of hydrogen-bond donors (Lipinski definition) is 1. The van der Waals surface area contributed by atoms with Gasteiger partial charge in [-0.05, 0) is 42.5 Å². The zero-order valence-corrected chi connectivity index (χ0v) is 21.9. The number of thiazole rings is 1. The molecule has 2 aliphatic heterocycles. The molecule has 3 amide bonds. The van der Waals surface area contributed by atoms with E-state index in [0.717, 1.165) is 40.1 Å². The summed E-state index contributed by atoms with van der Waals surface area (Å²) in [6, 6.07) is 16.0. The number of fused-ring (bicyclic) bond motifs is 2. The molecule has 6 rings (SSSR count). The molecule has 1 fully saturated rings. The van der Waals surface area contributed by atoms with Crippen molar-refractivity contribution < 1.29 is 32.0 Å². The number of anilines is 2. The highest BCUT2D eigenvalue weighted by molar-refractivity contribution is 8.00. The van der Waals surface area contributed by atoms with Crippen LogP contribution in [0, 0.1) is 5.92 Å². The number of carbonyl (C=O) groups is 3. The van der Waals surface area contributed by atoms with Crippen LogP contribution in [-0.2, 0) is 27.1 Å². The number of nitrogens with zero attached hydrogens (tertiary/aromatic N) is 2. The Morgan fingerprint density at radius 1 is 0.975 bits per heavy atom. The van der Waals surface area contributed by atoms with Gasteiger partial charge in [0.1, 0.15) is 17.6 Å². The van der Waals surface area contributed by atoms with Crippen molar-refractivity contribution in [3.63, 3.8) is 0 Å². The van der Waals surface area contributed by atoms with E-state index in [1.165, 1.54) is 23.0 Å². The highest BCUT2D eigenvalue weighted by atomic mass is 32.2. The maximum absolute atomic E-state index is 13.7. The smallest absolute Gasteiger partial charge is 0.416 e. The topological polar surface area (TPSA) is 102 Å². The molecule has 40 heavy (non-hydrogen) atoms. The highest BCUT2D eigenvalue weighted by Crippen LogP contribution is 2.53. The quantitative estimate of drug-likeness (QED) is 0.333. The van der Waals surface area contributed by atoms with Gasteiger partial charge in [0.2, 0.25) is 17.7 Å². The minimum atomic E-state index is -4.59. The molecular formula is C27H18F3N3O5S2. The molecule has 8 nitrogen and oxygen atoms in total. The van der Waals surface area contributed by atoms with E-state index in [1.807, 2.05) is 0 Å². The van der Waals surface area contributed by atoms with Crippen molar-refractivity contribution in [1.29, 1.82) is 0 Å². The third-order valence-electron chi connectivity index (χ3n) is 6.69. The van der Waals surface area contributed by atoms with Gasteiger partial charge in [-0.2, -0.15) is 13.2 Å². The maximum atomic E-state index is 13.7. The van der Waals surface area contributed by atoms with Gasteiger partial charge < -0.3 is 9.73 Å². The number of aromatic nitrogens is 1. The number of halogens is 3. The largest absolute Gasteiger partial charge is 0.469 e. The van der Waals surface area contributed by atoms with Crippen molar-refractivity contribution in [2.75, 3.05) is 10.2 Å². The van der Waals surface area contributed by atoms with Gasteiger partial charge in [0.15, 0.2) is 0 Å². The summed E-state index contributed by atoms with van der Waals surface area (Å²) in [4.78, 5) is 54.3. The average molecular weight is 586 g/mol. The van der Waals surface area contributed by atoms with Crippen LogP contribution in [0.25, 0.3) is 0 Å². The monoisotopic (exact) mass is 585 g/mol. The molecule has 204 valence electrons. The summed E-state index contributed by atoms with van der Waals surface area (Å²) >= 11 is 1.87. The molecule has 2 aliphatic rings. The summed E-state index contributed by atoms with van der Waals surface area (Å²) < 4.78 is 46.1. The van der Waals surface area contributed by atoms with Crippen molar-refractivity contribution in [2.24, 2.45) is 5.92 Å². The number of thioether (sulfide) groups is 1. The van der Waals surface area contributed by atoms with Crippen LogP contribution in [0.1, 0.15) is 22.1 Å². The van der Waals surface area contributed by atoms with Crippen molar-refractivity contribution in [2.45, 2.75) is 28.9 Å². The van der Waals surface area contributed by atoms with E-state index in [1.54, 1.807) is 42.5 Å². The standard InChI is InChI=1S/C27H18F3N3O5S2/c28-27(29,30)14-6-4-7-15(12-14)31-18(34)13-32-25-22(40-26(32)37)19(17-10-5-11-38-17)20-21(39-25)24(36)33(23(20)35)16-8-2-1-3-9-16/h1-12,19-21H,13H2,(H,31,34)/t19-,20?,21?/m1/s1. The molecule has 3 atom stereocenters. The number of amides is 3. The molecule has 0 saturated carbocycles. The van der Waals surface area contributed by atoms with E-state index in [4.69, 9.17) is 4.42 Å². The molecule has 0 radical (unpaired) electrons. The fourth-order valence-corrected chi connectivity index (χ4v) is 7.73. The molecule has 0 bridgehead atoms. The number of rotatable bonds is 5. The Bertz CT molecular complexity index is 1680. The van der Waals surface area contributed by atoms with Crippen molar-refractivity contribution >= 4 is 52.2 Å². The zero-order chi connectivity index (χ0) is 28.2. The number of alkyl halides is 3. The third kappa shape index (κ3) is 4.44. The lowest BCUT2D eigenvalue weighted by Gasteiger charge is -2.29. The minimum Gasteiger partial charge on any atom is -0.469 e. The molecule has 0 spiro atoms. The van der Waals surface area contributed by atoms with E-state index in [9.17, 15) is 32.3 Å². The van der Waals surface area contributed by atoms with Crippen LogP contribution < -0.4 is 15.1 Å². The number of para-hydroxylation sites is 1. The molecule has 2 unspecified atom stereocenters. The zero-order valence-electron chi connectivity index (χ0n) is 20.3. The van der Waals surface area contributed by atoms with E-state index in [-0.39, 0.29) is 5.69 Å². The summed E-state index contributed by atoms with van der Waals surface area (Å²) in [6.07, 6.45) is -3.15. The van der Waals surface area contributed by atoms with E-state index in [2.05, 4.69) is 5.32 Å². The summed E-state index contributed by atoms with van der Waals surface area (Å²) in [5.41, 5.74) is -0.578. The first-order chi connectivity index (χ1) is 19.1. The second-order valence-electron chi connectivity index (χ2n) is 9.16. The molecule has 4 aromatic rings. The summed E-state index contributed by atoms with van der Waals surface area (Å²) in [5.74, 6) is -2.79. The number of carbonyl (C=O) groups excluding carboxylic acids is 3. The van der Waals surface area contributed by atoms with Gasteiger partial charge in [-0.3, -0.25) is 23.7 Å². The fraction of sp³-hybridized carbons (Fsp3) is 0.185. The summed E-state index contributed by atoms with van der Waals surface area (Å²) in [5, 5.41) is 1.86. The van der Waals surface area contributed by atoms with Gasteiger partial charge in [0, 0.05) is 5.69 Å². The molecule has 2 aromatic heterocycles. The van der Waals surface area contributed by atoms with Crippen LogP contribution in [0.5, 0.6) is 0 Å². The summed E-state index contributed by atoms with van der Waals surface area (Å²) in [6.45, 7) is -0.499. The molecule has 2 aromatic carbocycles. The first-order valence-corrected chi connectivity index (χ1v) is 13.7. The van der Waals surface area contributed by atoms with Crippen LogP contribution >= 0.6 is 23.1 Å². The lowest BCUT2D eigenvalue weighted by atomic mass is 9.87. The van der Waals surface area contributed by atoms with Crippen molar-refractivity contribution in [3.8, 4) is 0 Å². The molecule has 1 N–H and O–H groups in total. The van der Waals surface area contributed by atoms with E-state index < -0.39 is 58.0 Å². The number of imide groups is 1. The normalized spacial score (nSPS) is 20.4. The Morgan fingerprint density at radius 2 is 1.75 bits per heavy atom. The van der Waals surface area contributed by atoms with Crippen molar-refractivity contribution in [1.82, 2.24) is 4.57 Å². The predicted molar refractivity (Wildman–Crippen MR) is 141 cm³/mol. The van der Waals surface area contributed by atoms with Crippen LogP contribution in [-0.4, -0.2) is 27.5 Å². The molecule has 13 heteroatoms. The molecule has 4 heterocycles. The van der Waals surface area contributed by atoms with Gasteiger partial charge in [0.25, 0.3) is 0 Å². The number of furan rings is 1. The number of nitrogens with one attached hydrogen (secondary N) is 1. The predicted octanol–water partition coefficient (Wildman–Crippen LogP) is 4.96. The fourth-order valence-electron chi connectivity index (χ4n) is 4.98. The van der Waals surface area contributed by atoms with Gasteiger partial charge in [-0.1, -0.05) is 47.4 Å². The Balaban J connectivity index is 1.35.